The topological polar surface area (TPSA) is 39.0 Å². The predicted octanol–water partition coefficient (Wildman–Crippen LogP) is 1.77. The summed E-state index contributed by atoms with van der Waals surface area (Å²) in [6.07, 6.45) is 6.58. The molecule has 2 heteroatoms. The Bertz CT molecular complexity index is 255. The summed E-state index contributed by atoms with van der Waals surface area (Å²) in [5.41, 5.74) is 0. The molecule has 0 bridgehead atoms. The van der Waals surface area contributed by atoms with Gasteiger partial charge in [0.15, 0.2) is 0 Å². The fourth-order valence-corrected chi connectivity index (χ4v) is 2.74. The molecule has 14 heavy (non-hydrogen) atoms. The second-order valence-corrected chi connectivity index (χ2v) is 4.65. The Morgan fingerprint density at radius 1 is 1.43 bits per heavy atom. The first-order valence-corrected chi connectivity index (χ1v) is 5.59. The second kappa shape index (κ2) is 3.85. The van der Waals surface area contributed by atoms with Gasteiger partial charge in [0.2, 0.25) is 0 Å². The van der Waals surface area contributed by atoms with Crippen LogP contribution in [0.1, 0.15) is 26.7 Å². The highest BCUT2D eigenvalue weighted by molar-refractivity contribution is 5.78. The molecule has 2 aliphatic rings. The Balaban J connectivity index is 2.03. The Morgan fingerprint density at radius 3 is 2.64 bits per heavy atom. The molecule has 0 aromatic rings. The smallest absolute Gasteiger partial charge is 0.132 e. The molecule has 2 nitrogen and oxygen atoms in total. The van der Waals surface area contributed by atoms with Gasteiger partial charge in [-0.15, -0.1) is 0 Å². The molecule has 0 aromatic carbocycles. The second-order valence-electron chi connectivity index (χ2n) is 4.65. The average molecular weight is 193 g/mol. The summed E-state index contributed by atoms with van der Waals surface area (Å²) in [4.78, 5) is 11.3. The van der Waals surface area contributed by atoms with Crippen LogP contribution >= 0.6 is 0 Å². The molecule has 0 aromatic heterocycles. The number of hydrogen-bond acceptors (Lipinski definition) is 2. The largest absolute Gasteiger partial charge is 0.311 e. The number of nitrogens with one attached hydrogen (secondary N) is 1. The maximum absolute atomic E-state index is 11.3. The minimum Gasteiger partial charge on any atom is -0.311 e. The number of allylic oxidation sites excluding steroid dienone is 2. The third kappa shape index (κ3) is 1.90. The van der Waals surface area contributed by atoms with Crippen LogP contribution in [-0.4, -0.2) is 18.4 Å². The van der Waals surface area contributed by atoms with Crippen molar-refractivity contribution in [3.05, 3.63) is 12.2 Å². The number of hydrogen-bond donors (Lipinski definition) is 1. The van der Waals surface area contributed by atoms with E-state index >= 15 is 0 Å². The van der Waals surface area contributed by atoms with Gasteiger partial charge in [0.25, 0.3) is 0 Å². The molecule has 1 aliphatic heterocycles. The van der Waals surface area contributed by atoms with E-state index < -0.39 is 0 Å². The van der Waals surface area contributed by atoms with E-state index in [4.69, 9.17) is 0 Å². The Kier molecular flexibility index (Phi) is 2.73. The van der Waals surface area contributed by atoms with E-state index in [0.717, 1.165) is 19.4 Å². The molecule has 1 saturated carbocycles. The summed E-state index contributed by atoms with van der Waals surface area (Å²) >= 11 is 0. The van der Waals surface area contributed by atoms with Gasteiger partial charge in [-0.2, -0.15) is 0 Å². The van der Waals surface area contributed by atoms with Crippen molar-refractivity contribution in [3.63, 3.8) is 0 Å². The molecule has 2 fully saturated rings. The van der Waals surface area contributed by atoms with E-state index in [9.17, 15) is 4.79 Å². The summed E-state index contributed by atoms with van der Waals surface area (Å²) < 4.78 is 0. The lowest BCUT2D eigenvalue weighted by molar-refractivity contribution is -0.120. The maximum Gasteiger partial charge on any atom is 0.132 e. The van der Waals surface area contributed by atoms with Gasteiger partial charge in [-0.25, -0.2) is 0 Å². The van der Waals surface area contributed by atoms with Crippen molar-refractivity contribution in [2.45, 2.75) is 32.7 Å². The molecule has 4 atom stereocenters. The van der Waals surface area contributed by atoms with Crippen LogP contribution in [0, 0.1) is 17.8 Å². The predicted molar refractivity (Wildman–Crippen MR) is 57.0 cm³/mol. The fourth-order valence-electron chi connectivity index (χ4n) is 2.74. The number of carbonyl (C=O) groups excluding carboxylic acids is 1. The van der Waals surface area contributed by atoms with Gasteiger partial charge in [-0.3, -0.25) is 4.79 Å². The van der Waals surface area contributed by atoms with Crippen LogP contribution < -0.4 is 5.32 Å². The van der Waals surface area contributed by atoms with Gasteiger partial charge in [0, 0.05) is 18.5 Å². The Labute approximate surface area is 85.8 Å². The minimum atomic E-state index is 0.323. The molecule has 78 valence electrons. The van der Waals surface area contributed by atoms with E-state index in [2.05, 4.69) is 24.4 Å². The zero-order valence-electron chi connectivity index (χ0n) is 8.99. The highest BCUT2D eigenvalue weighted by Crippen LogP contribution is 2.41. The number of ketones is 1. The van der Waals surface area contributed by atoms with Gasteiger partial charge < -0.3 is 5.32 Å². The van der Waals surface area contributed by atoms with Crippen molar-refractivity contribution >= 4 is 5.78 Å². The van der Waals surface area contributed by atoms with Crippen molar-refractivity contribution < 1.29 is 4.79 Å². The van der Waals surface area contributed by atoms with E-state index in [0.29, 0.717) is 29.6 Å². The molecule has 2 rings (SSSR count). The van der Waals surface area contributed by atoms with Gasteiger partial charge in [0.05, 0.1) is 0 Å². The standard InChI is InChI=1S/C12H19NO/c1-3-4-9-5-10(8(2)14)6-11(9)12-7-13-12/h3-4,9-13H,5-7H2,1-2H3/b4-3-. The third-order valence-corrected chi connectivity index (χ3v) is 3.63. The van der Waals surface area contributed by atoms with E-state index in [1.807, 2.05) is 0 Å². The van der Waals surface area contributed by atoms with Gasteiger partial charge >= 0.3 is 0 Å². The lowest BCUT2D eigenvalue weighted by Gasteiger charge is -2.13. The molecule has 1 aliphatic carbocycles. The first-order chi connectivity index (χ1) is 6.72. The Hall–Kier alpha value is -0.630. The van der Waals surface area contributed by atoms with Crippen molar-refractivity contribution in [2.24, 2.45) is 17.8 Å². The molecule has 0 spiro atoms. The van der Waals surface area contributed by atoms with Crippen LogP contribution in [0.25, 0.3) is 0 Å². The highest BCUT2D eigenvalue weighted by atomic mass is 16.1. The third-order valence-electron chi connectivity index (χ3n) is 3.63. The summed E-state index contributed by atoms with van der Waals surface area (Å²) in [6.45, 7) is 4.96. The molecule has 1 N–H and O–H groups in total. The van der Waals surface area contributed by atoms with Crippen LogP contribution in [0.4, 0.5) is 0 Å². The van der Waals surface area contributed by atoms with Crippen molar-refractivity contribution in [1.29, 1.82) is 0 Å². The normalized spacial score (nSPS) is 41.9. The SMILES string of the molecule is C/C=C\C1CC(C(C)=O)CC1C1CN1. The number of carbonyl (C=O) groups is 1. The first kappa shape index (κ1) is 9.91. The van der Waals surface area contributed by atoms with E-state index in [1.165, 1.54) is 0 Å². The molecular weight excluding hydrogens is 174 g/mol. The van der Waals surface area contributed by atoms with E-state index in [1.54, 1.807) is 6.92 Å². The molecule has 4 unspecified atom stereocenters. The molecular formula is C12H19NO. The fraction of sp³-hybridized carbons (Fsp3) is 0.750. The lowest BCUT2D eigenvalue weighted by atomic mass is 9.92. The molecule has 1 saturated heterocycles. The van der Waals surface area contributed by atoms with Crippen molar-refractivity contribution in [3.8, 4) is 0 Å². The van der Waals surface area contributed by atoms with Crippen LogP contribution in [0.5, 0.6) is 0 Å². The van der Waals surface area contributed by atoms with Gasteiger partial charge in [-0.1, -0.05) is 12.2 Å². The first-order valence-electron chi connectivity index (χ1n) is 5.59. The lowest BCUT2D eigenvalue weighted by Crippen LogP contribution is -2.14. The number of rotatable bonds is 3. The van der Waals surface area contributed by atoms with Crippen LogP contribution in [-0.2, 0) is 4.79 Å². The summed E-state index contributed by atoms with van der Waals surface area (Å²) in [5.74, 6) is 2.04. The van der Waals surface area contributed by atoms with Crippen LogP contribution in [0.3, 0.4) is 0 Å². The summed E-state index contributed by atoms with van der Waals surface area (Å²) in [5, 5.41) is 3.38. The van der Waals surface area contributed by atoms with Crippen LogP contribution in [0.2, 0.25) is 0 Å². The molecule has 0 amide bonds. The van der Waals surface area contributed by atoms with Crippen molar-refractivity contribution in [1.82, 2.24) is 5.32 Å². The zero-order chi connectivity index (χ0) is 10.1. The summed E-state index contributed by atoms with van der Waals surface area (Å²) in [6, 6.07) is 0.695. The van der Waals surface area contributed by atoms with E-state index in [-0.39, 0.29) is 0 Å². The minimum absolute atomic E-state index is 0.323. The zero-order valence-corrected chi connectivity index (χ0v) is 8.99. The Morgan fingerprint density at radius 2 is 2.14 bits per heavy atom. The molecule has 0 radical (unpaired) electrons. The van der Waals surface area contributed by atoms with Gasteiger partial charge in [-0.05, 0) is 38.5 Å². The number of Topliss-reactive ketones (excluding diaryl/α,β-unsaturated/α-hetero) is 1. The van der Waals surface area contributed by atoms with Crippen LogP contribution in [0.15, 0.2) is 12.2 Å². The monoisotopic (exact) mass is 193 g/mol. The molecule has 1 heterocycles. The maximum atomic E-state index is 11.3. The quantitative estimate of drug-likeness (QED) is 0.548. The summed E-state index contributed by atoms with van der Waals surface area (Å²) in [7, 11) is 0. The van der Waals surface area contributed by atoms with Gasteiger partial charge in [0.1, 0.15) is 5.78 Å². The average Bonchev–Trinajstić information content (AvgIpc) is 2.89. The highest BCUT2D eigenvalue weighted by Gasteiger charge is 2.42. The van der Waals surface area contributed by atoms with Crippen molar-refractivity contribution in [2.75, 3.05) is 6.54 Å².